The van der Waals surface area contributed by atoms with E-state index in [0.717, 1.165) is 51.5 Å². The molecule has 170 valence electrons. The van der Waals surface area contributed by atoms with Crippen LogP contribution in [0.15, 0.2) is 36.4 Å². The molecule has 5 nitrogen and oxygen atoms in total. The number of benzene rings is 2. The van der Waals surface area contributed by atoms with Crippen LogP contribution in [-0.4, -0.2) is 55.0 Å². The highest BCUT2D eigenvalue weighted by atomic mass is 16.5. The van der Waals surface area contributed by atoms with Gasteiger partial charge in [0.2, 0.25) is 5.91 Å². The summed E-state index contributed by atoms with van der Waals surface area (Å²) in [5.74, 6) is 1.18. The molecule has 1 N–H and O–H groups in total. The molecule has 32 heavy (non-hydrogen) atoms. The van der Waals surface area contributed by atoms with E-state index in [-0.39, 0.29) is 11.9 Å². The summed E-state index contributed by atoms with van der Waals surface area (Å²) in [5, 5.41) is 3.22. The van der Waals surface area contributed by atoms with E-state index in [2.05, 4.69) is 58.4 Å². The standard InChI is InChI=1S/C27H35N3O2/c1-20(23-8-7-22-4-2-3-5-24(22)17-23)28-27(31)19-30-13-11-29(12-14-30)18-21-6-9-26-25(16-21)10-15-32-26/h6-9,16-17,20H,2-5,10-15,18-19H2,1H3,(H,28,31)/t20-/m1/s1. The number of carbonyl (C=O) groups excluding carboxylic acids is 1. The van der Waals surface area contributed by atoms with Gasteiger partial charge < -0.3 is 10.1 Å². The van der Waals surface area contributed by atoms with Gasteiger partial charge in [-0.1, -0.05) is 30.3 Å². The highest BCUT2D eigenvalue weighted by Gasteiger charge is 2.21. The summed E-state index contributed by atoms with van der Waals surface area (Å²) in [6, 6.07) is 13.4. The van der Waals surface area contributed by atoms with Gasteiger partial charge in [0.05, 0.1) is 19.2 Å². The van der Waals surface area contributed by atoms with E-state index in [9.17, 15) is 4.79 Å². The average molecular weight is 434 g/mol. The fraction of sp³-hybridized carbons (Fsp3) is 0.519. The lowest BCUT2D eigenvalue weighted by Gasteiger charge is -2.34. The minimum absolute atomic E-state index is 0.0554. The van der Waals surface area contributed by atoms with Crippen molar-refractivity contribution in [2.75, 3.05) is 39.3 Å². The Balaban J connectivity index is 1.08. The molecule has 2 heterocycles. The van der Waals surface area contributed by atoms with Gasteiger partial charge in [-0.25, -0.2) is 0 Å². The third kappa shape index (κ3) is 5.00. The molecule has 1 aliphatic carbocycles. The molecule has 0 bridgehead atoms. The minimum Gasteiger partial charge on any atom is -0.493 e. The first-order chi connectivity index (χ1) is 15.6. The molecule has 3 aliphatic rings. The number of amides is 1. The van der Waals surface area contributed by atoms with Crippen molar-refractivity contribution in [1.82, 2.24) is 15.1 Å². The smallest absolute Gasteiger partial charge is 0.234 e. The van der Waals surface area contributed by atoms with Crippen molar-refractivity contribution in [1.29, 1.82) is 0 Å². The van der Waals surface area contributed by atoms with Crippen LogP contribution in [0.5, 0.6) is 5.75 Å². The van der Waals surface area contributed by atoms with Gasteiger partial charge in [0.1, 0.15) is 5.75 Å². The summed E-state index contributed by atoms with van der Waals surface area (Å²) in [7, 11) is 0. The van der Waals surface area contributed by atoms with Crippen molar-refractivity contribution < 1.29 is 9.53 Å². The topological polar surface area (TPSA) is 44.8 Å². The van der Waals surface area contributed by atoms with Crippen LogP contribution in [0.4, 0.5) is 0 Å². The molecule has 1 atom stereocenters. The Labute approximate surface area is 191 Å². The molecule has 0 spiro atoms. The molecule has 1 saturated heterocycles. The lowest BCUT2D eigenvalue weighted by Crippen LogP contribution is -2.49. The summed E-state index contributed by atoms with van der Waals surface area (Å²) < 4.78 is 5.62. The number of fused-ring (bicyclic) bond motifs is 2. The number of aryl methyl sites for hydroxylation is 2. The SMILES string of the molecule is C[C@@H](NC(=O)CN1CCN(Cc2ccc3c(c2)CCO3)CC1)c1ccc2c(c1)CCCC2. The van der Waals surface area contributed by atoms with Crippen molar-refractivity contribution in [3.8, 4) is 5.75 Å². The van der Waals surface area contributed by atoms with Gasteiger partial charge in [0, 0.05) is 39.1 Å². The van der Waals surface area contributed by atoms with Gasteiger partial charge in [-0.2, -0.15) is 0 Å². The summed E-state index contributed by atoms with van der Waals surface area (Å²) >= 11 is 0. The summed E-state index contributed by atoms with van der Waals surface area (Å²) in [6.07, 6.45) is 5.98. The Hall–Kier alpha value is -2.37. The second kappa shape index (κ2) is 9.63. The normalized spacial score (nSPS) is 19.7. The van der Waals surface area contributed by atoms with E-state index in [0.29, 0.717) is 6.54 Å². The zero-order chi connectivity index (χ0) is 21.9. The molecular weight excluding hydrogens is 398 g/mol. The van der Waals surface area contributed by atoms with Crippen LogP contribution in [0.3, 0.4) is 0 Å². The van der Waals surface area contributed by atoms with Crippen molar-refractivity contribution in [3.05, 3.63) is 64.2 Å². The van der Waals surface area contributed by atoms with Crippen LogP contribution in [0.2, 0.25) is 0 Å². The van der Waals surface area contributed by atoms with E-state index in [1.54, 1.807) is 0 Å². The Morgan fingerprint density at radius 3 is 2.56 bits per heavy atom. The molecule has 2 aromatic rings. The highest BCUT2D eigenvalue weighted by Crippen LogP contribution is 2.27. The van der Waals surface area contributed by atoms with Crippen molar-refractivity contribution in [2.24, 2.45) is 0 Å². The second-order valence-corrected chi connectivity index (χ2v) is 9.62. The highest BCUT2D eigenvalue weighted by molar-refractivity contribution is 5.78. The van der Waals surface area contributed by atoms with Crippen LogP contribution in [0.1, 0.15) is 53.6 Å². The zero-order valence-corrected chi connectivity index (χ0v) is 19.2. The molecule has 0 aromatic heterocycles. The Morgan fingerprint density at radius 1 is 0.938 bits per heavy atom. The maximum absolute atomic E-state index is 12.7. The molecule has 2 aromatic carbocycles. The molecular formula is C27H35N3O2. The Morgan fingerprint density at radius 2 is 1.72 bits per heavy atom. The van der Waals surface area contributed by atoms with Gasteiger partial charge in [-0.05, 0) is 66.5 Å². The van der Waals surface area contributed by atoms with Crippen molar-refractivity contribution in [2.45, 2.75) is 51.6 Å². The fourth-order valence-electron chi connectivity index (χ4n) is 5.30. The first-order valence-corrected chi connectivity index (χ1v) is 12.2. The number of rotatable bonds is 6. The minimum atomic E-state index is 0.0554. The van der Waals surface area contributed by atoms with Gasteiger partial charge in [-0.15, -0.1) is 0 Å². The third-order valence-electron chi connectivity index (χ3n) is 7.24. The molecule has 0 saturated carbocycles. The summed E-state index contributed by atoms with van der Waals surface area (Å²) in [5.41, 5.74) is 6.89. The lowest BCUT2D eigenvalue weighted by molar-refractivity contribution is -0.123. The molecule has 2 aliphatic heterocycles. The van der Waals surface area contributed by atoms with Gasteiger partial charge >= 0.3 is 0 Å². The van der Waals surface area contributed by atoms with Crippen molar-refractivity contribution >= 4 is 5.91 Å². The molecule has 5 rings (SSSR count). The maximum Gasteiger partial charge on any atom is 0.234 e. The predicted octanol–water partition coefficient (Wildman–Crippen LogP) is 3.50. The molecule has 0 unspecified atom stereocenters. The third-order valence-corrected chi connectivity index (χ3v) is 7.24. The Kier molecular flexibility index (Phi) is 6.47. The molecule has 5 heteroatoms. The van der Waals surface area contributed by atoms with Crippen LogP contribution in [-0.2, 0) is 30.6 Å². The monoisotopic (exact) mass is 433 g/mol. The van der Waals surface area contributed by atoms with E-state index in [1.807, 2.05) is 0 Å². The molecule has 0 radical (unpaired) electrons. The predicted molar refractivity (Wildman–Crippen MR) is 127 cm³/mol. The average Bonchev–Trinajstić information content (AvgIpc) is 3.28. The van der Waals surface area contributed by atoms with Crippen LogP contribution in [0, 0.1) is 0 Å². The number of nitrogens with zero attached hydrogens (tertiary/aromatic N) is 2. The number of hydrogen-bond donors (Lipinski definition) is 1. The number of ether oxygens (including phenoxy) is 1. The number of piperazine rings is 1. The summed E-state index contributed by atoms with van der Waals surface area (Å²) in [4.78, 5) is 17.5. The van der Waals surface area contributed by atoms with E-state index in [4.69, 9.17) is 4.74 Å². The largest absolute Gasteiger partial charge is 0.493 e. The van der Waals surface area contributed by atoms with Gasteiger partial charge in [-0.3, -0.25) is 14.6 Å². The number of hydrogen-bond acceptors (Lipinski definition) is 4. The van der Waals surface area contributed by atoms with Gasteiger partial charge in [0.15, 0.2) is 0 Å². The maximum atomic E-state index is 12.7. The van der Waals surface area contributed by atoms with E-state index >= 15 is 0 Å². The van der Waals surface area contributed by atoms with Crippen LogP contribution < -0.4 is 10.1 Å². The first kappa shape index (κ1) is 21.5. The second-order valence-electron chi connectivity index (χ2n) is 9.62. The molecule has 1 fully saturated rings. The number of carbonyl (C=O) groups is 1. The van der Waals surface area contributed by atoms with Crippen LogP contribution in [0.25, 0.3) is 0 Å². The van der Waals surface area contributed by atoms with Gasteiger partial charge in [0.25, 0.3) is 0 Å². The lowest BCUT2D eigenvalue weighted by atomic mass is 9.89. The Bertz CT molecular complexity index is 965. The van der Waals surface area contributed by atoms with Crippen LogP contribution >= 0.6 is 0 Å². The summed E-state index contributed by atoms with van der Waals surface area (Å²) in [6.45, 7) is 8.25. The quantitative estimate of drug-likeness (QED) is 0.758. The first-order valence-electron chi connectivity index (χ1n) is 12.2. The van der Waals surface area contributed by atoms with E-state index in [1.165, 1.54) is 53.5 Å². The fourth-order valence-corrected chi connectivity index (χ4v) is 5.30. The van der Waals surface area contributed by atoms with E-state index < -0.39 is 0 Å². The number of nitrogens with one attached hydrogen (secondary N) is 1. The van der Waals surface area contributed by atoms with Crippen molar-refractivity contribution in [3.63, 3.8) is 0 Å². The zero-order valence-electron chi connectivity index (χ0n) is 19.2. The molecule has 1 amide bonds.